The standard InChI is InChI=1S/CH9N5O2/c1-7-6(4)8-5(2)3/h2-4H2,1H3. The highest BCUT2D eigenvalue weighted by atomic mass is 17.1. The fourth-order valence-corrected chi connectivity index (χ4v) is 0.126. The first-order valence-corrected chi connectivity index (χ1v) is 1.73. The Balaban J connectivity index is 3.10. The lowest BCUT2D eigenvalue weighted by atomic mass is 11.7. The van der Waals surface area contributed by atoms with Crippen LogP contribution in [0.1, 0.15) is 0 Å². The maximum Gasteiger partial charge on any atom is 0.0617 e. The summed E-state index contributed by atoms with van der Waals surface area (Å²) in [5.74, 6) is 14.4. The molecule has 0 spiro atoms. The molecule has 50 valence electrons. The Hall–Kier alpha value is -0.280. The summed E-state index contributed by atoms with van der Waals surface area (Å²) in [6.45, 7) is 0. The molecule has 6 N–H and O–H groups in total. The largest absolute Gasteiger partial charge is 0.263 e. The lowest BCUT2D eigenvalue weighted by Crippen LogP contribution is -2.46. The molecule has 0 aliphatic heterocycles. The zero-order valence-electron chi connectivity index (χ0n) is 4.44. The Bertz CT molecular complexity index is 56.4. The molecule has 0 heterocycles. The lowest BCUT2D eigenvalue weighted by Gasteiger charge is -2.14. The molecular formula is CH9N5O2. The number of nitrogens with two attached hydrogens (primary N) is 3. The van der Waals surface area contributed by atoms with Crippen molar-refractivity contribution in [3.8, 4) is 0 Å². The molecule has 0 rings (SSSR count). The van der Waals surface area contributed by atoms with Crippen molar-refractivity contribution in [2.75, 3.05) is 7.11 Å². The highest BCUT2D eigenvalue weighted by Gasteiger charge is 1.96. The van der Waals surface area contributed by atoms with Gasteiger partial charge in [-0.3, -0.25) is 4.84 Å². The Morgan fingerprint density at radius 1 is 1.25 bits per heavy atom. The summed E-state index contributed by atoms with van der Waals surface area (Å²) in [6, 6.07) is 0. The van der Waals surface area contributed by atoms with Crippen molar-refractivity contribution in [2.45, 2.75) is 0 Å². The van der Waals surface area contributed by atoms with E-state index in [-0.39, 0.29) is 0 Å². The minimum absolute atomic E-state index is 0.406. The molecule has 7 nitrogen and oxygen atoms in total. The Kier molecular flexibility index (Phi) is 3.56. The normalized spacial score (nSPS) is 11.2. The summed E-state index contributed by atoms with van der Waals surface area (Å²) in [5, 5.41) is 0.906. The van der Waals surface area contributed by atoms with Crippen molar-refractivity contribution in [2.24, 2.45) is 17.5 Å². The molecule has 0 aliphatic rings. The van der Waals surface area contributed by atoms with Crippen molar-refractivity contribution < 1.29 is 9.78 Å². The molecule has 0 amide bonds. The van der Waals surface area contributed by atoms with Crippen LogP contribution >= 0.6 is 0 Å². The van der Waals surface area contributed by atoms with Gasteiger partial charge in [0.25, 0.3) is 0 Å². The fourth-order valence-electron chi connectivity index (χ4n) is 0.126. The van der Waals surface area contributed by atoms with E-state index in [4.69, 9.17) is 17.5 Å². The van der Waals surface area contributed by atoms with Crippen molar-refractivity contribution in [3.63, 3.8) is 0 Å². The summed E-state index contributed by atoms with van der Waals surface area (Å²) < 4.78 is 0. The fraction of sp³-hybridized carbons (Fsp3) is 1.00. The van der Waals surface area contributed by atoms with Gasteiger partial charge in [-0.25, -0.2) is 17.5 Å². The molecule has 0 aromatic heterocycles. The van der Waals surface area contributed by atoms with Gasteiger partial charge in [0, 0.05) is 5.34 Å². The summed E-state index contributed by atoms with van der Waals surface area (Å²) in [7, 11) is 1.30. The van der Waals surface area contributed by atoms with Crippen LogP contribution in [0, 0.1) is 0 Å². The molecule has 8 heavy (non-hydrogen) atoms. The quantitative estimate of drug-likeness (QED) is 0.284. The third-order valence-electron chi connectivity index (χ3n) is 0.355. The van der Waals surface area contributed by atoms with Gasteiger partial charge >= 0.3 is 0 Å². The molecule has 0 saturated heterocycles. The highest BCUT2D eigenvalue weighted by molar-refractivity contribution is 3.82. The van der Waals surface area contributed by atoms with Gasteiger partial charge in [0.2, 0.25) is 0 Å². The van der Waals surface area contributed by atoms with Gasteiger partial charge in [-0.1, -0.05) is 0 Å². The van der Waals surface area contributed by atoms with Gasteiger partial charge in [-0.2, -0.15) is 0 Å². The minimum atomic E-state index is 0.406. The monoisotopic (exact) mass is 123 g/mol. The Morgan fingerprint density at radius 3 is 1.88 bits per heavy atom. The van der Waals surface area contributed by atoms with Gasteiger partial charge in [0.15, 0.2) is 0 Å². The van der Waals surface area contributed by atoms with Crippen LogP contribution in [0.15, 0.2) is 0 Å². The third kappa shape index (κ3) is 3.89. The smallest absolute Gasteiger partial charge is 0.0617 e. The average molecular weight is 123 g/mol. The van der Waals surface area contributed by atoms with Crippen LogP contribution in [-0.4, -0.2) is 17.7 Å². The van der Waals surface area contributed by atoms with Crippen LogP contribution < -0.4 is 17.5 Å². The predicted octanol–water partition coefficient (Wildman–Crippen LogP) is -2.38. The van der Waals surface area contributed by atoms with E-state index in [1.54, 1.807) is 0 Å². The van der Waals surface area contributed by atoms with Gasteiger partial charge in [0.1, 0.15) is 0 Å². The maximum absolute atomic E-state index is 4.86. The number of hydrogen-bond donors (Lipinski definition) is 3. The Labute approximate surface area is 46.3 Å². The number of nitrogens with zero attached hydrogens (tertiary/aromatic N) is 2. The minimum Gasteiger partial charge on any atom is -0.263 e. The van der Waals surface area contributed by atoms with Gasteiger partial charge in [-0.05, 0) is 5.28 Å². The topological polar surface area (TPSA) is 103 Å². The summed E-state index contributed by atoms with van der Waals surface area (Å²) in [4.78, 5) is 8.43. The molecule has 0 saturated carbocycles. The van der Waals surface area contributed by atoms with Crippen LogP contribution in [0.5, 0.6) is 0 Å². The number of hydrazine groups is 3. The Morgan fingerprint density at radius 2 is 1.75 bits per heavy atom. The zero-order valence-corrected chi connectivity index (χ0v) is 4.44. The van der Waals surface area contributed by atoms with Gasteiger partial charge < -0.3 is 0 Å². The molecule has 0 radical (unpaired) electrons. The highest BCUT2D eigenvalue weighted by Crippen LogP contribution is 1.75. The van der Waals surface area contributed by atoms with Crippen LogP contribution in [0.3, 0.4) is 0 Å². The third-order valence-corrected chi connectivity index (χ3v) is 0.355. The molecule has 7 heteroatoms. The van der Waals surface area contributed by atoms with Crippen molar-refractivity contribution in [1.29, 1.82) is 0 Å². The molecule has 0 unspecified atom stereocenters. The van der Waals surface area contributed by atoms with Crippen LogP contribution in [0.2, 0.25) is 0 Å². The van der Waals surface area contributed by atoms with Crippen LogP contribution in [-0.2, 0) is 9.78 Å². The van der Waals surface area contributed by atoms with E-state index < -0.39 is 0 Å². The van der Waals surface area contributed by atoms with Crippen molar-refractivity contribution in [1.82, 2.24) is 10.6 Å². The molecule has 0 atom stereocenters. The maximum atomic E-state index is 4.86. The predicted molar refractivity (Wildman–Crippen MR) is 24.3 cm³/mol. The molecule has 0 aromatic rings. The second kappa shape index (κ2) is 3.69. The van der Waals surface area contributed by atoms with E-state index in [1.807, 2.05) is 0 Å². The second-order valence-electron chi connectivity index (χ2n) is 0.909. The number of rotatable bonds is 3. The first kappa shape index (κ1) is 7.72. The SMILES string of the molecule is CON(N)ON(N)N. The van der Waals surface area contributed by atoms with E-state index in [9.17, 15) is 0 Å². The van der Waals surface area contributed by atoms with Crippen molar-refractivity contribution in [3.05, 3.63) is 0 Å². The zero-order chi connectivity index (χ0) is 6.57. The summed E-state index contributed by atoms with van der Waals surface area (Å²) >= 11 is 0. The average Bonchev–Trinajstić information content (AvgIpc) is 1.65. The van der Waals surface area contributed by atoms with E-state index >= 15 is 0 Å². The molecule has 0 aliphatic carbocycles. The van der Waals surface area contributed by atoms with E-state index in [1.165, 1.54) is 7.11 Å². The second-order valence-corrected chi connectivity index (χ2v) is 0.909. The summed E-state index contributed by atoms with van der Waals surface area (Å²) in [6.07, 6.45) is 0. The first-order chi connectivity index (χ1) is 3.66. The van der Waals surface area contributed by atoms with Crippen LogP contribution in [0.25, 0.3) is 0 Å². The molecule has 0 fully saturated rings. The lowest BCUT2D eigenvalue weighted by molar-refractivity contribution is -0.454. The van der Waals surface area contributed by atoms with Crippen molar-refractivity contribution >= 4 is 0 Å². The van der Waals surface area contributed by atoms with Gasteiger partial charge in [0.05, 0.1) is 7.11 Å². The first-order valence-electron chi connectivity index (χ1n) is 1.73. The van der Waals surface area contributed by atoms with E-state index in [0.29, 0.717) is 10.6 Å². The van der Waals surface area contributed by atoms with Crippen LogP contribution in [0.4, 0.5) is 0 Å². The van der Waals surface area contributed by atoms with E-state index in [2.05, 4.69) is 9.78 Å². The molecular weight excluding hydrogens is 114 g/mol. The van der Waals surface area contributed by atoms with Gasteiger partial charge in [-0.15, -0.1) is 4.94 Å². The molecule has 0 bridgehead atoms. The van der Waals surface area contributed by atoms with E-state index in [0.717, 1.165) is 0 Å². The molecule has 0 aromatic carbocycles. The number of hydrogen-bond acceptors (Lipinski definition) is 7. The summed E-state index contributed by atoms with van der Waals surface area (Å²) in [5.41, 5.74) is 0.